The number of hydrogen-bond donors (Lipinski definition) is 2. The molecule has 0 bridgehead atoms. The van der Waals surface area contributed by atoms with E-state index in [2.05, 4.69) is 20.3 Å². The minimum Gasteiger partial charge on any atom is -0.392 e. The first kappa shape index (κ1) is 31.0. The molecule has 1 aliphatic rings. The van der Waals surface area contributed by atoms with Crippen LogP contribution in [0.15, 0.2) is 139 Å². The van der Waals surface area contributed by atoms with Crippen molar-refractivity contribution in [2.45, 2.75) is 49.5 Å². The molecular weight excluding hydrogens is 611 g/mol. The van der Waals surface area contributed by atoms with E-state index < -0.39 is 16.3 Å². The lowest BCUT2D eigenvalue weighted by atomic mass is 9.97. The molecule has 5 aromatic carbocycles. The Balaban J connectivity index is 1.12. The molecular formula is C38H35N3O5S. The van der Waals surface area contributed by atoms with Gasteiger partial charge in [-0.05, 0) is 52.1 Å². The van der Waals surface area contributed by atoms with Crippen LogP contribution in [0.4, 0.5) is 0 Å². The van der Waals surface area contributed by atoms with Crippen molar-refractivity contribution in [3.63, 3.8) is 0 Å². The van der Waals surface area contributed by atoms with Crippen LogP contribution in [0.5, 0.6) is 0 Å². The summed E-state index contributed by atoms with van der Waals surface area (Å²) in [5, 5.41) is 9.55. The summed E-state index contributed by atoms with van der Waals surface area (Å²) in [5.41, 5.74) is 7.51. The fourth-order valence-corrected chi connectivity index (χ4v) is 7.07. The minimum absolute atomic E-state index is 0.0117. The number of nitrogens with one attached hydrogen (secondary N) is 1. The van der Waals surface area contributed by atoms with Crippen LogP contribution in [0.2, 0.25) is 0 Å². The van der Waals surface area contributed by atoms with Crippen molar-refractivity contribution in [2.75, 3.05) is 0 Å². The predicted octanol–water partition coefficient (Wildman–Crippen LogP) is 6.92. The van der Waals surface area contributed by atoms with Gasteiger partial charge in [0.25, 0.3) is 0 Å². The van der Waals surface area contributed by atoms with Gasteiger partial charge in [-0.25, -0.2) is 18.1 Å². The monoisotopic (exact) mass is 645 g/mol. The van der Waals surface area contributed by atoms with Gasteiger partial charge in [0, 0.05) is 18.5 Å². The molecule has 0 spiro atoms. The highest BCUT2D eigenvalue weighted by molar-refractivity contribution is 7.89. The average Bonchev–Trinajstić information content (AvgIpc) is 3.53. The molecule has 0 aliphatic carbocycles. The van der Waals surface area contributed by atoms with Gasteiger partial charge >= 0.3 is 0 Å². The van der Waals surface area contributed by atoms with Crippen LogP contribution >= 0.6 is 0 Å². The van der Waals surface area contributed by atoms with Crippen molar-refractivity contribution in [1.82, 2.24) is 14.3 Å². The maximum Gasteiger partial charge on any atom is 0.240 e. The first-order chi connectivity index (χ1) is 23.0. The number of fused-ring (bicyclic) bond motifs is 1. The number of aliphatic hydroxyl groups excluding tert-OH is 1. The summed E-state index contributed by atoms with van der Waals surface area (Å²) in [6, 6.07) is 40.1. The number of aliphatic hydroxyl groups is 1. The lowest BCUT2D eigenvalue weighted by Gasteiger charge is -2.36. The number of imidazole rings is 1. The summed E-state index contributed by atoms with van der Waals surface area (Å²) in [7, 11) is -3.65. The third-order valence-electron chi connectivity index (χ3n) is 8.56. The molecule has 1 fully saturated rings. The van der Waals surface area contributed by atoms with Gasteiger partial charge in [0.2, 0.25) is 10.0 Å². The quantitative estimate of drug-likeness (QED) is 0.168. The van der Waals surface area contributed by atoms with E-state index in [1.165, 1.54) is 0 Å². The molecule has 8 nitrogen and oxygen atoms in total. The zero-order valence-corrected chi connectivity index (χ0v) is 26.5. The van der Waals surface area contributed by atoms with E-state index in [1.807, 2.05) is 97.3 Å². The third kappa shape index (κ3) is 6.90. The molecule has 9 heteroatoms. The highest BCUT2D eigenvalue weighted by Gasteiger charge is 2.32. The molecule has 238 valence electrons. The zero-order chi connectivity index (χ0) is 32.2. The standard InChI is InChI=1S/C38H35N3O5S/c42-25-27-14-16-29(17-15-27)37-22-32(24-41-26-39-35-12-6-7-13-36(35)41)45-38(46-37)30-20-18-28(19-21-30)34-11-5-4-8-31(34)23-40-47(43,44)33-9-2-1-3-10-33/h1-21,26,32,37-38,40,42H,22-25H2/t32-,37+,38+/m1/s1. The van der Waals surface area contributed by atoms with Crippen molar-refractivity contribution < 1.29 is 23.0 Å². The van der Waals surface area contributed by atoms with Gasteiger partial charge in [0.05, 0.1) is 47.6 Å². The molecule has 7 rings (SSSR count). The van der Waals surface area contributed by atoms with Gasteiger partial charge in [-0.1, -0.05) is 103 Å². The van der Waals surface area contributed by atoms with Crippen molar-refractivity contribution in [3.05, 3.63) is 156 Å². The predicted molar refractivity (Wildman–Crippen MR) is 181 cm³/mol. The van der Waals surface area contributed by atoms with E-state index in [-0.39, 0.29) is 30.3 Å². The Kier molecular flexibility index (Phi) is 8.97. The molecule has 47 heavy (non-hydrogen) atoms. The van der Waals surface area contributed by atoms with Gasteiger partial charge in [-0.15, -0.1) is 0 Å². The Morgan fingerprint density at radius 1 is 0.787 bits per heavy atom. The number of para-hydroxylation sites is 2. The van der Waals surface area contributed by atoms with Crippen LogP contribution < -0.4 is 4.72 Å². The summed E-state index contributed by atoms with van der Waals surface area (Å²) in [6.07, 6.45) is 1.56. The zero-order valence-electron chi connectivity index (χ0n) is 25.6. The normalized spacial score (nSPS) is 18.4. The fraction of sp³-hybridized carbons (Fsp3) is 0.184. The summed E-state index contributed by atoms with van der Waals surface area (Å²) < 4.78 is 43.8. The van der Waals surface area contributed by atoms with Gasteiger partial charge in [-0.3, -0.25) is 0 Å². The van der Waals surface area contributed by atoms with Crippen LogP contribution in [0.3, 0.4) is 0 Å². The van der Waals surface area contributed by atoms with Gasteiger partial charge < -0.3 is 19.1 Å². The Morgan fingerprint density at radius 2 is 1.49 bits per heavy atom. The van der Waals surface area contributed by atoms with Crippen LogP contribution in [-0.4, -0.2) is 29.2 Å². The molecule has 0 saturated carbocycles. The summed E-state index contributed by atoms with van der Waals surface area (Å²) in [6.45, 7) is 0.767. The second kappa shape index (κ2) is 13.6. The van der Waals surface area contributed by atoms with Crippen molar-refractivity contribution in [3.8, 4) is 11.1 Å². The first-order valence-electron chi connectivity index (χ1n) is 15.6. The van der Waals surface area contributed by atoms with E-state index in [9.17, 15) is 13.5 Å². The van der Waals surface area contributed by atoms with E-state index in [1.54, 1.807) is 30.3 Å². The second-order valence-corrected chi connectivity index (χ2v) is 13.4. The van der Waals surface area contributed by atoms with Gasteiger partial charge in [-0.2, -0.15) is 0 Å². The molecule has 1 aromatic heterocycles. The second-order valence-electron chi connectivity index (χ2n) is 11.7. The SMILES string of the molecule is O=S(=O)(NCc1ccccc1-c1ccc([C@H]2O[C@@H](Cn3cnc4ccccc43)C[C@@H](c3ccc(CO)cc3)O2)cc1)c1ccccc1. The Labute approximate surface area is 274 Å². The smallest absolute Gasteiger partial charge is 0.240 e. The van der Waals surface area contributed by atoms with E-state index in [0.717, 1.165) is 44.4 Å². The van der Waals surface area contributed by atoms with Crippen LogP contribution in [-0.2, 0) is 39.2 Å². The molecule has 1 saturated heterocycles. The molecule has 0 radical (unpaired) electrons. The number of aromatic nitrogens is 2. The largest absolute Gasteiger partial charge is 0.392 e. The first-order valence-corrected chi connectivity index (χ1v) is 17.1. The van der Waals surface area contributed by atoms with Crippen LogP contribution in [0.1, 0.15) is 41.1 Å². The summed E-state index contributed by atoms with van der Waals surface area (Å²) in [4.78, 5) is 4.79. The van der Waals surface area contributed by atoms with Crippen molar-refractivity contribution in [1.29, 1.82) is 0 Å². The lowest BCUT2D eigenvalue weighted by molar-refractivity contribution is -0.252. The number of rotatable bonds is 10. The topological polar surface area (TPSA) is 103 Å². The number of ether oxygens (including phenoxy) is 2. The van der Waals surface area contributed by atoms with E-state index in [4.69, 9.17) is 9.47 Å². The van der Waals surface area contributed by atoms with Crippen LogP contribution in [0, 0.1) is 0 Å². The Bertz CT molecular complexity index is 2060. The number of nitrogens with zero attached hydrogens (tertiary/aromatic N) is 2. The fourth-order valence-electron chi connectivity index (χ4n) is 6.04. The number of sulfonamides is 1. The van der Waals surface area contributed by atoms with Crippen LogP contribution in [0.25, 0.3) is 22.2 Å². The summed E-state index contributed by atoms with van der Waals surface area (Å²) >= 11 is 0. The molecule has 2 heterocycles. The molecule has 2 N–H and O–H groups in total. The average molecular weight is 646 g/mol. The third-order valence-corrected chi connectivity index (χ3v) is 9.98. The van der Waals surface area contributed by atoms with E-state index in [0.29, 0.717) is 13.0 Å². The summed E-state index contributed by atoms with van der Waals surface area (Å²) in [5.74, 6) is 0. The highest BCUT2D eigenvalue weighted by Crippen LogP contribution is 2.39. The number of hydrogen-bond acceptors (Lipinski definition) is 6. The minimum atomic E-state index is -3.65. The maximum atomic E-state index is 12.9. The number of benzene rings is 5. The molecule has 6 aromatic rings. The lowest BCUT2D eigenvalue weighted by Crippen LogP contribution is -2.32. The van der Waals surface area contributed by atoms with Crippen molar-refractivity contribution in [2.24, 2.45) is 0 Å². The van der Waals surface area contributed by atoms with Crippen molar-refractivity contribution >= 4 is 21.1 Å². The molecule has 1 aliphatic heterocycles. The van der Waals surface area contributed by atoms with E-state index >= 15 is 0 Å². The van der Waals surface area contributed by atoms with Gasteiger partial charge in [0.15, 0.2) is 6.29 Å². The Morgan fingerprint density at radius 3 is 2.28 bits per heavy atom. The molecule has 3 atom stereocenters. The highest BCUT2D eigenvalue weighted by atomic mass is 32.2. The maximum absolute atomic E-state index is 12.9. The molecule has 0 unspecified atom stereocenters. The Hall–Kier alpha value is -4.64. The van der Waals surface area contributed by atoms with Gasteiger partial charge in [0.1, 0.15) is 0 Å². The molecule has 0 amide bonds.